The molecule has 7 heteroatoms. The molecule has 2 N–H and O–H groups in total. The second kappa shape index (κ2) is 5.62. The number of carbonyl (C=O) groups excluding carboxylic acids is 1. The maximum absolute atomic E-state index is 12.0. The highest BCUT2D eigenvalue weighted by Gasteiger charge is 2.33. The fourth-order valence-corrected chi connectivity index (χ4v) is 1.71. The van der Waals surface area contributed by atoms with E-state index in [1.54, 1.807) is 32.6 Å². The molecule has 1 amide bonds. The summed E-state index contributed by atoms with van der Waals surface area (Å²) in [4.78, 5) is 24.6. The summed E-state index contributed by atoms with van der Waals surface area (Å²) in [6, 6.07) is 0. The quantitative estimate of drug-likeness (QED) is 0.833. The van der Waals surface area contributed by atoms with Gasteiger partial charge in [0, 0.05) is 7.05 Å². The topological polar surface area (TPSA) is 87.5 Å². The number of aromatic nitrogens is 2. The van der Waals surface area contributed by atoms with Crippen LogP contribution in [0.15, 0.2) is 0 Å². The molecule has 0 atom stereocenters. The fourth-order valence-electron chi connectivity index (χ4n) is 1.71. The number of anilines is 1. The number of likely N-dealkylation sites (N-methyl/N-ethyl adjacent to an activating group) is 1. The molecule has 0 bridgehead atoms. The molecule has 112 valence electrons. The maximum Gasteiger partial charge on any atom is 0.323 e. The van der Waals surface area contributed by atoms with Crippen LogP contribution in [0.2, 0.25) is 0 Å². The van der Waals surface area contributed by atoms with Crippen molar-refractivity contribution in [1.29, 1.82) is 0 Å². The third-order valence-electron chi connectivity index (χ3n) is 3.63. The van der Waals surface area contributed by atoms with Crippen molar-refractivity contribution in [3.05, 3.63) is 11.4 Å². The van der Waals surface area contributed by atoms with Gasteiger partial charge in [0.1, 0.15) is 5.54 Å². The van der Waals surface area contributed by atoms with Crippen molar-refractivity contribution < 1.29 is 14.7 Å². The summed E-state index contributed by atoms with van der Waals surface area (Å²) in [6.07, 6.45) is 0. The maximum atomic E-state index is 12.0. The van der Waals surface area contributed by atoms with E-state index in [4.69, 9.17) is 5.11 Å². The molecular weight excluding hydrogens is 260 g/mol. The van der Waals surface area contributed by atoms with E-state index >= 15 is 0 Å². The van der Waals surface area contributed by atoms with Crippen LogP contribution in [0.25, 0.3) is 0 Å². The molecule has 0 radical (unpaired) electrons. The molecule has 1 aromatic rings. The molecule has 0 aliphatic heterocycles. The van der Waals surface area contributed by atoms with Crippen LogP contribution in [-0.2, 0) is 16.6 Å². The number of nitrogens with one attached hydrogen (secondary N) is 1. The Balaban J connectivity index is 2.76. The Hall–Kier alpha value is -1.89. The van der Waals surface area contributed by atoms with Gasteiger partial charge in [0.15, 0.2) is 0 Å². The Labute approximate surface area is 118 Å². The molecule has 0 aliphatic rings. The second-order valence-corrected chi connectivity index (χ2v) is 5.44. The Morgan fingerprint density at radius 3 is 2.35 bits per heavy atom. The van der Waals surface area contributed by atoms with Crippen LogP contribution in [0.4, 0.5) is 5.69 Å². The van der Waals surface area contributed by atoms with Crippen molar-refractivity contribution in [3.8, 4) is 0 Å². The molecule has 0 unspecified atom stereocenters. The van der Waals surface area contributed by atoms with Crippen molar-refractivity contribution >= 4 is 17.6 Å². The zero-order valence-electron chi connectivity index (χ0n) is 12.8. The molecular formula is C13H22N4O3. The Morgan fingerprint density at radius 2 is 1.95 bits per heavy atom. The predicted octanol–water partition coefficient (Wildman–Crippen LogP) is 0.770. The summed E-state index contributed by atoms with van der Waals surface area (Å²) in [5.74, 6) is -1.23. The van der Waals surface area contributed by atoms with Gasteiger partial charge in [0.2, 0.25) is 5.91 Å². The third-order valence-corrected chi connectivity index (χ3v) is 3.63. The van der Waals surface area contributed by atoms with E-state index < -0.39 is 11.5 Å². The van der Waals surface area contributed by atoms with Crippen molar-refractivity contribution in [1.82, 2.24) is 14.7 Å². The van der Waals surface area contributed by atoms with Gasteiger partial charge in [-0.25, -0.2) is 0 Å². The summed E-state index contributed by atoms with van der Waals surface area (Å²) in [6.45, 7) is 6.79. The number of hydrogen-bond donors (Lipinski definition) is 2. The van der Waals surface area contributed by atoms with Gasteiger partial charge in [0.05, 0.1) is 23.6 Å². The highest BCUT2D eigenvalue weighted by atomic mass is 16.4. The highest BCUT2D eigenvalue weighted by Crippen LogP contribution is 2.18. The van der Waals surface area contributed by atoms with Gasteiger partial charge < -0.3 is 10.4 Å². The van der Waals surface area contributed by atoms with E-state index in [2.05, 4.69) is 10.4 Å². The number of aliphatic carboxylic acids is 1. The molecule has 1 rings (SSSR count). The minimum absolute atomic E-state index is 0.00687. The fraction of sp³-hybridized carbons (Fsp3) is 0.615. The summed E-state index contributed by atoms with van der Waals surface area (Å²) >= 11 is 0. The SMILES string of the molecule is Cc1nn(C)c(C)c1NC(=O)CN(C)C(C)(C)C(=O)O. The van der Waals surface area contributed by atoms with E-state index in [1.165, 1.54) is 4.90 Å². The molecule has 0 fully saturated rings. The van der Waals surface area contributed by atoms with Crippen LogP contribution in [-0.4, -0.2) is 50.8 Å². The number of aryl methyl sites for hydroxylation is 2. The van der Waals surface area contributed by atoms with E-state index in [-0.39, 0.29) is 12.5 Å². The van der Waals surface area contributed by atoms with Crippen molar-refractivity contribution in [2.24, 2.45) is 7.05 Å². The first kappa shape index (κ1) is 16.2. The molecule has 0 saturated carbocycles. The number of carboxylic acids is 1. The predicted molar refractivity (Wildman–Crippen MR) is 75.7 cm³/mol. The van der Waals surface area contributed by atoms with Crippen molar-refractivity contribution in [2.75, 3.05) is 18.9 Å². The van der Waals surface area contributed by atoms with E-state index in [0.717, 1.165) is 11.4 Å². The molecule has 0 spiro atoms. The van der Waals surface area contributed by atoms with Gasteiger partial charge in [-0.2, -0.15) is 5.10 Å². The van der Waals surface area contributed by atoms with Crippen LogP contribution in [0.3, 0.4) is 0 Å². The monoisotopic (exact) mass is 282 g/mol. The lowest BCUT2D eigenvalue weighted by Crippen LogP contribution is -2.50. The molecule has 20 heavy (non-hydrogen) atoms. The van der Waals surface area contributed by atoms with E-state index in [9.17, 15) is 9.59 Å². The average Bonchev–Trinajstić information content (AvgIpc) is 2.55. The van der Waals surface area contributed by atoms with Crippen molar-refractivity contribution in [2.45, 2.75) is 33.2 Å². The minimum atomic E-state index is -1.10. The second-order valence-electron chi connectivity index (χ2n) is 5.44. The zero-order valence-corrected chi connectivity index (χ0v) is 12.8. The van der Waals surface area contributed by atoms with Gasteiger partial charge in [-0.05, 0) is 34.7 Å². The van der Waals surface area contributed by atoms with Crippen molar-refractivity contribution in [3.63, 3.8) is 0 Å². The van der Waals surface area contributed by atoms with Gasteiger partial charge in [-0.1, -0.05) is 0 Å². The molecule has 1 heterocycles. The number of amides is 1. The number of nitrogens with zero attached hydrogens (tertiary/aromatic N) is 3. The molecule has 0 aliphatic carbocycles. The van der Waals surface area contributed by atoms with Crippen LogP contribution in [0, 0.1) is 13.8 Å². The normalized spacial score (nSPS) is 11.8. The van der Waals surface area contributed by atoms with Crippen LogP contribution in [0.5, 0.6) is 0 Å². The Morgan fingerprint density at radius 1 is 1.40 bits per heavy atom. The lowest BCUT2D eigenvalue weighted by Gasteiger charge is -2.30. The highest BCUT2D eigenvalue weighted by molar-refractivity contribution is 5.93. The van der Waals surface area contributed by atoms with E-state index in [1.807, 2.05) is 13.8 Å². The zero-order chi connectivity index (χ0) is 15.7. The Kier molecular flexibility index (Phi) is 4.54. The number of rotatable bonds is 5. The summed E-state index contributed by atoms with van der Waals surface area (Å²) in [5.41, 5.74) is 1.17. The molecule has 1 aromatic heterocycles. The number of carbonyl (C=O) groups is 2. The largest absolute Gasteiger partial charge is 0.480 e. The minimum Gasteiger partial charge on any atom is -0.480 e. The molecule has 0 aromatic carbocycles. The van der Waals surface area contributed by atoms with Gasteiger partial charge in [-0.3, -0.25) is 19.2 Å². The standard InChI is InChI=1S/C13H22N4O3/c1-8-11(9(2)17(6)15-8)14-10(18)7-16(5)13(3,4)12(19)20/h7H2,1-6H3,(H,14,18)(H,19,20). The van der Waals surface area contributed by atoms with Crippen LogP contribution >= 0.6 is 0 Å². The number of hydrogen-bond acceptors (Lipinski definition) is 4. The van der Waals surface area contributed by atoms with Gasteiger partial charge in [-0.15, -0.1) is 0 Å². The lowest BCUT2D eigenvalue weighted by atomic mass is 10.0. The van der Waals surface area contributed by atoms with Crippen LogP contribution < -0.4 is 5.32 Å². The van der Waals surface area contributed by atoms with Gasteiger partial charge in [0.25, 0.3) is 0 Å². The van der Waals surface area contributed by atoms with Crippen LogP contribution in [0.1, 0.15) is 25.2 Å². The third kappa shape index (κ3) is 3.16. The first-order valence-electron chi connectivity index (χ1n) is 6.32. The number of carboxylic acid groups (broad SMARTS) is 1. The average molecular weight is 282 g/mol. The smallest absolute Gasteiger partial charge is 0.323 e. The van der Waals surface area contributed by atoms with Gasteiger partial charge >= 0.3 is 5.97 Å². The first-order chi connectivity index (χ1) is 9.07. The summed E-state index contributed by atoms with van der Waals surface area (Å²) in [7, 11) is 3.41. The van der Waals surface area contributed by atoms with E-state index in [0.29, 0.717) is 5.69 Å². The Bertz CT molecular complexity index is 534. The molecule has 7 nitrogen and oxygen atoms in total. The summed E-state index contributed by atoms with van der Waals surface area (Å²) in [5, 5.41) is 16.1. The molecule has 0 saturated heterocycles. The summed E-state index contributed by atoms with van der Waals surface area (Å²) < 4.78 is 1.69. The first-order valence-corrected chi connectivity index (χ1v) is 6.32. The lowest BCUT2D eigenvalue weighted by molar-refractivity contribution is -0.148.